The molecule has 2 rings (SSSR count). The molecule has 0 atom stereocenters. The minimum Gasteiger partial charge on any atom is -0.392 e. The van der Waals surface area contributed by atoms with Crippen LogP contribution < -0.4 is 4.72 Å². The normalized spacial score (nSPS) is 11.3. The number of benzene rings is 2. The number of hydrogen-bond acceptors (Lipinski definition) is 3. The average Bonchev–Trinajstić information content (AvgIpc) is 2.40. The van der Waals surface area contributed by atoms with E-state index in [1.165, 1.54) is 6.07 Å². The third kappa shape index (κ3) is 3.15. The second-order valence-corrected chi connectivity index (χ2v) is 6.05. The number of aliphatic hydroxyl groups is 1. The Labute approximate surface area is 116 Å². The molecule has 0 amide bonds. The number of aryl methyl sites for hydroxylation is 1. The molecule has 0 heterocycles. The minimum absolute atomic E-state index is 0.316. The topological polar surface area (TPSA) is 66.4 Å². The molecule has 0 bridgehead atoms. The van der Waals surface area contributed by atoms with Crippen LogP contribution in [0.1, 0.15) is 11.1 Å². The third-order valence-corrected chi connectivity index (χ3v) is 4.19. The van der Waals surface area contributed by atoms with Crippen molar-refractivity contribution in [2.75, 3.05) is 4.72 Å². The molecule has 0 fully saturated rings. The van der Waals surface area contributed by atoms with E-state index in [-0.39, 0.29) is 6.61 Å². The summed E-state index contributed by atoms with van der Waals surface area (Å²) in [5.41, 5.74) is 1.67. The second-order valence-electron chi connectivity index (χ2n) is 4.39. The fourth-order valence-corrected chi connectivity index (χ4v) is 2.81. The molecule has 0 aliphatic carbocycles. The molecular weight excluding hydrogens is 281 g/mol. The summed E-state index contributed by atoms with van der Waals surface area (Å²) in [6, 6.07) is 10.2. The van der Waals surface area contributed by atoms with Gasteiger partial charge in [-0.15, -0.1) is 0 Å². The van der Waals surface area contributed by atoms with Crippen molar-refractivity contribution in [3.05, 3.63) is 59.4 Å². The van der Waals surface area contributed by atoms with Crippen molar-refractivity contribution in [3.63, 3.8) is 0 Å². The molecule has 0 aliphatic heterocycles. The fraction of sp³-hybridized carbons (Fsp3) is 0.143. The zero-order valence-corrected chi connectivity index (χ0v) is 11.6. The van der Waals surface area contributed by atoms with Gasteiger partial charge in [-0.1, -0.05) is 23.8 Å². The highest BCUT2D eigenvalue weighted by Crippen LogP contribution is 2.20. The SMILES string of the molecule is Cc1ccc(NS(=O)(=O)c2ccc(CO)cc2F)cc1. The lowest BCUT2D eigenvalue weighted by Crippen LogP contribution is -2.14. The zero-order valence-electron chi connectivity index (χ0n) is 10.8. The third-order valence-electron chi connectivity index (χ3n) is 2.77. The van der Waals surface area contributed by atoms with Crippen LogP contribution in [0.2, 0.25) is 0 Å². The Hall–Kier alpha value is -1.92. The molecule has 0 saturated heterocycles. The van der Waals surface area contributed by atoms with E-state index >= 15 is 0 Å². The van der Waals surface area contributed by atoms with E-state index in [1.54, 1.807) is 24.3 Å². The smallest absolute Gasteiger partial charge is 0.264 e. The van der Waals surface area contributed by atoms with Gasteiger partial charge >= 0.3 is 0 Å². The highest BCUT2D eigenvalue weighted by atomic mass is 32.2. The van der Waals surface area contributed by atoms with Crippen LogP contribution in [0.5, 0.6) is 0 Å². The first-order chi connectivity index (χ1) is 9.42. The summed E-state index contributed by atoms with van der Waals surface area (Å²) in [4.78, 5) is -0.449. The van der Waals surface area contributed by atoms with Crippen molar-refractivity contribution in [3.8, 4) is 0 Å². The summed E-state index contributed by atoms with van der Waals surface area (Å²) < 4.78 is 40.3. The molecule has 2 aromatic carbocycles. The van der Waals surface area contributed by atoms with Crippen molar-refractivity contribution in [1.29, 1.82) is 0 Å². The van der Waals surface area contributed by atoms with E-state index in [0.717, 1.165) is 17.7 Å². The Kier molecular flexibility index (Phi) is 4.06. The van der Waals surface area contributed by atoms with E-state index in [1.807, 2.05) is 6.92 Å². The van der Waals surface area contributed by atoms with Gasteiger partial charge in [-0.25, -0.2) is 12.8 Å². The second kappa shape index (κ2) is 5.60. The first kappa shape index (κ1) is 14.5. The molecule has 0 aromatic heterocycles. The van der Waals surface area contributed by atoms with Crippen LogP contribution in [0.25, 0.3) is 0 Å². The summed E-state index contributed by atoms with van der Waals surface area (Å²) in [6.45, 7) is 1.54. The quantitative estimate of drug-likeness (QED) is 0.910. The Balaban J connectivity index is 2.33. The maximum atomic E-state index is 13.8. The summed E-state index contributed by atoms with van der Waals surface area (Å²) in [5.74, 6) is -0.892. The Morgan fingerprint density at radius 3 is 2.35 bits per heavy atom. The monoisotopic (exact) mass is 295 g/mol. The molecule has 0 saturated carbocycles. The molecule has 0 aliphatic rings. The predicted octanol–water partition coefficient (Wildman–Crippen LogP) is 2.43. The van der Waals surface area contributed by atoms with Crippen molar-refractivity contribution in [2.24, 2.45) is 0 Å². The summed E-state index contributed by atoms with van der Waals surface area (Å²) in [5, 5.41) is 8.89. The average molecular weight is 295 g/mol. The summed E-state index contributed by atoms with van der Waals surface area (Å²) in [6.07, 6.45) is 0. The fourth-order valence-electron chi connectivity index (χ4n) is 1.69. The van der Waals surface area contributed by atoms with E-state index < -0.39 is 20.7 Å². The molecule has 2 N–H and O–H groups in total. The van der Waals surface area contributed by atoms with E-state index in [9.17, 15) is 12.8 Å². The highest BCUT2D eigenvalue weighted by Gasteiger charge is 2.19. The van der Waals surface area contributed by atoms with Gasteiger partial charge in [0.15, 0.2) is 0 Å². The number of halogens is 1. The van der Waals surface area contributed by atoms with Crippen LogP contribution in [-0.2, 0) is 16.6 Å². The maximum Gasteiger partial charge on any atom is 0.264 e. The maximum absolute atomic E-state index is 13.8. The number of sulfonamides is 1. The van der Waals surface area contributed by atoms with Crippen molar-refractivity contribution < 1.29 is 17.9 Å². The first-order valence-electron chi connectivity index (χ1n) is 5.91. The standard InChI is InChI=1S/C14H14FNO3S/c1-10-2-5-12(6-3-10)16-20(18,19)14-7-4-11(9-17)8-13(14)15/h2-8,16-17H,9H2,1H3. The largest absolute Gasteiger partial charge is 0.392 e. The first-order valence-corrected chi connectivity index (χ1v) is 7.39. The summed E-state index contributed by atoms with van der Waals surface area (Å²) in [7, 11) is -3.99. The lowest BCUT2D eigenvalue weighted by atomic mass is 10.2. The van der Waals surface area contributed by atoms with Gasteiger partial charge in [0.2, 0.25) is 0 Å². The molecule has 0 radical (unpaired) electrons. The van der Waals surface area contributed by atoms with E-state index in [0.29, 0.717) is 11.3 Å². The molecular formula is C14H14FNO3S. The van der Waals surface area contributed by atoms with Crippen LogP contribution in [0.3, 0.4) is 0 Å². The predicted molar refractivity (Wildman–Crippen MR) is 74.3 cm³/mol. The van der Waals surface area contributed by atoms with Crippen LogP contribution in [0, 0.1) is 12.7 Å². The number of aliphatic hydroxyl groups excluding tert-OH is 1. The Morgan fingerprint density at radius 1 is 1.15 bits per heavy atom. The van der Waals surface area contributed by atoms with Crippen molar-refractivity contribution in [2.45, 2.75) is 18.4 Å². The molecule has 0 unspecified atom stereocenters. The minimum atomic E-state index is -3.99. The molecule has 0 spiro atoms. The van der Waals surface area contributed by atoms with Gasteiger partial charge in [-0.3, -0.25) is 4.72 Å². The number of rotatable bonds is 4. The lowest BCUT2D eigenvalue weighted by molar-refractivity contribution is 0.281. The van der Waals surface area contributed by atoms with Gasteiger partial charge in [0.05, 0.1) is 6.61 Å². The zero-order chi connectivity index (χ0) is 14.8. The molecule has 106 valence electrons. The van der Waals surface area contributed by atoms with Crippen LogP contribution in [0.15, 0.2) is 47.4 Å². The van der Waals surface area contributed by atoms with Gasteiger partial charge in [0.25, 0.3) is 10.0 Å². The lowest BCUT2D eigenvalue weighted by Gasteiger charge is -2.09. The highest BCUT2D eigenvalue weighted by molar-refractivity contribution is 7.92. The van der Waals surface area contributed by atoms with E-state index in [2.05, 4.69) is 4.72 Å². The van der Waals surface area contributed by atoms with Crippen LogP contribution in [-0.4, -0.2) is 13.5 Å². The van der Waals surface area contributed by atoms with Crippen LogP contribution in [0.4, 0.5) is 10.1 Å². The van der Waals surface area contributed by atoms with Crippen molar-refractivity contribution in [1.82, 2.24) is 0 Å². The molecule has 6 heteroatoms. The summed E-state index contributed by atoms with van der Waals surface area (Å²) >= 11 is 0. The molecule has 4 nitrogen and oxygen atoms in total. The van der Waals surface area contributed by atoms with Gasteiger partial charge in [-0.05, 0) is 36.8 Å². The number of nitrogens with one attached hydrogen (secondary N) is 1. The van der Waals surface area contributed by atoms with Crippen LogP contribution >= 0.6 is 0 Å². The van der Waals surface area contributed by atoms with Gasteiger partial charge in [-0.2, -0.15) is 0 Å². The van der Waals surface area contributed by atoms with Gasteiger partial charge in [0.1, 0.15) is 10.7 Å². The Bertz CT molecular complexity index is 712. The van der Waals surface area contributed by atoms with Gasteiger partial charge in [0, 0.05) is 5.69 Å². The number of hydrogen-bond donors (Lipinski definition) is 2. The van der Waals surface area contributed by atoms with Gasteiger partial charge < -0.3 is 5.11 Å². The van der Waals surface area contributed by atoms with Crippen molar-refractivity contribution >= 4 is 15.7 Å². The van der Waals surface area contributed by atoms with E-state index in [4.69, 9.17) is 5.11 Å². The number of anilines is 1. The molecule has 20 heavy (non-hydrogen) atoms. The Morgan fingerprint density at radius 2 is 1.80 bits per heavy atom. The molecule has 2 aromatic rings.